The van der Waals surface area contributed by atoms with Crippen LogP contribution in [0.3, 0.4) is 0 Å². The maximum atomic E-state index is 8.24. The average molecular weight is 444 g/mol. The van der Waals surface area contributed by atoms with Crippen molar-refractivity contribution in [2.45, 2.75) is 81.1 Å². The summed E-state index contributed by atoms with van der Waals surface area (Å²) < 4.78 is 0. The van der Waals surface area contributed by atoms with Crippen LogP contribution in [-0.4, -0.2) is 46.9 Å². The standard InChI is InChI=1S/4C5H12O.Zr/c4*1-5(2)3-4-6;/h4*5-6H,3-4H2,1-2H3;. The minimum Gasteiger partial charge on any atom is -0.396 e. The molecule has 0 amide bonds. The minimum absolute atomic E-state index is 0. The first-order valence-corrected chi connectivity index (χ1v) is 9.52. The van der Waals surface area contributed by atoms with Gasteiger partial charge in [0.15, 0.2) is 0 Å². The van der Waals surface area contributed by atoms with Gasteiger partial charge in [0.2, 0.25) is 0 Å². The fourth-order valence-corrected chi connectivity index (χ4v) is 1.03. The van der Waals surface area contributed by atoms with Crippen molar-refractivity contribution in [1.82, 2.24) is 0 Å². The van der Waals surface area contributed by atoms with Gasteiger partial charge in [-0.05, 0) is 49.4 Å². The van der Waals surface area contributed by atoms with Gasteiger partial charge in [0, 0.05) is 52.6 Å². The van der Waals surface area contributed by atoms with Gasteiger partial charge >= 0.3 is 0 Å². The molecule has 0 saturated carbocycles. The third-order valence-electron chi connectivity index (χ3n) is 2.83. The molecular formula is C20H48O4Zr. The summed E-state index contributed by atoms with van der Waals surface area (Å²) in [4.78, 5) is 0. The van der Waals surface area contributed by atoms with Crippen molar-refractivity contribution in [1.29, 1.82) is 0 Å². The molecule has 5 heteroatoms. The first-order chi connectivity index (χ1) is 11.1. The predicted octanol–water partition coefficient (Wildman–Crippen LogP) is 4.10. The summed E-state index contributed by atoms with van der Waals surface area (Å²) in [6, 6.07) is 0. The van der Waals surface area contributed by atoms with E-state index in [2.05, 4.69) is 55.4 Å². The van der Waals surface area contributed by atoms with Gasteiger partial charge in [0.05, 0.1) is 0 Å². The van der Waals surface area contributed by atoms with E-state index in [-0.39, 0.29) is 26.2 Å². The molecule has 4 nitrogen and oxygen atoms in total. The van der Waals surface area contributed by atoms with Crippen LogP contribution in [0.15, 0.2) is 0 Å². The number of hydrogen-bond donors (Lipinski definition) is 4. The minimum atomic E-state index is 0. The van der Waals surface area contributed by atoms with Crippen molar-refractivity contribution in [3.63, 3.8) is 0 Å². The third kappa shape index (κ3) is 78.9. The molecule has 156 valence electrons. The van der Waals surface area contributed by atoms with Crippen LogP contribution in [0.1, 0.15) is 81.1 Å². The van der Waals surface area contributed by atoms with Crippen molar-refractivity contribution in [3.05, 3.63) is 0 Å². The second-order valence-corrected chi connectivity index (χ2v) is 7.62. The third-order valence-corrected chi connectivity index (χ3v) is 2.83. The average Bonchev–Trinajstić information content (AvgIpc) is 2.39. The molecule has 0 fully saturated rings. The Morgan fingerprint density at radius 2 is 0.520 bits per heavy atom. The van der Waals surface area contributed by atoms with E-state index >= 15 is 0 Å². The van der Waals surface area contributed by atoms with Crippen LogP contribution >= 0.6 is 0 Å². The molecule has 0 rings (SSSR count). The van der Waals surface area contributed by atoms with Gasteiger partial charge in [0.25, 0.3) is 0 Å². The van der Waals surface area contributed by atoms with Crippen LogP contribution in [-0.2, 0) is 26.2 Å². The van der Waals surface area contributed by atoms with Crippen LogP contribution < -0.4 is 0 Å². The van der Waals surface area contributed by atoms with E-state index in [1.807, 2.05) is 0 Å². The zero-order valence-electron chi connectivity index (χ0n) is 18.3. The predicted molar refractivity (Wildman–Crippen MR) is 106 cm³/mol. The molecule has 0 unspecified atom stereocenters. The van der Waals surface area contributed by atoms with Gasteiger partial charge in [-0.2, -0.15) is 0 Å². The van der Waals surface area contributed by atoms with E-state index in [0.29, 0.717) is 50.1 Å². The number of hydrogen-bond acceptors (Lipinski definition) is 4. The molecule has 0 saturated heterocycles. The fraction of sp³-hybridized carbons (Fsp3) is 1.00. The molecule has 0 aliphatic heterocycles. The SMILES string of the molecule is CC(C)CCO.CC(C)CCO.CC(C)CCO.CC(C)CCO.[Zr]. The summed E-state index contributed by atoms with van der Waals surface area (Å²) in [5, 5.41) is 32.9. The summed E-state index contributed by atoms with van der Waals surface area (Å²) in [5.74, 6) is 2.59. The van der Waals surface area contributed by atoms with Crippen LogP contribution in [0, 0.1) is 23.7 Å². The monoisotopic (exact) mass is 442 g/mol. The molecule has 0 aliphatic rings. The van der Waals surface area contributed by atoms with E-state index in [9.17, 15) is 0 Å². The van der Waals surface area contributed by atoms with Gasteiger partial charge in [-0.15, -0.1) is 0 Å². The van der Waals surface area contributed by atoms with Crippen molar-refractivity contribution >= 4 is 0 Å². The molecule has 0 heterocycles. The Kier molecular flexibility index (Phi) is 47.4. The molecule has 0 aromatic rings. The van der Waals surface area contributed by atoms with Gasteiger partial charge in [-0.3, -0.25) is 0 Å². The topological polar surface area (TPSA) is 80.9 Å². The van der Waals surface area contributed by atoms with Crippen molar-refractivity contribution in [2.75, 3.05) is 26.4 Å². The summed E-state index contributed by atoms with van der Waals surface area (Å²) in [7, 11) is 0. The Balaban J connectivity index is -0.0000000702. The molecule has 0 bridgehead atoms. The Morgan fingerprint density at radius 1 is 0.400 bits per heavy atom. The second kappa shape index (κ2) is 32.4. The Bertz CT molecular complexity index is 147. The first-order valence-electron chi connectivity index (χ1n) is 9.52. The number of rotatable bonds is 8. The molecule has 4 N–H and O–H groups in total. The molecule has 0 aliphatic carbocycles. The van der Waals surface area contributed by atoms with Gasteiger partial charge < -0.3 is 20.4 Å². The van der Waals surface area contributed by atoms with Crippen LogP contribution in [0.2, 0.25) is 0 Å². The molecule has 0 atom stereocenters. The van der Waals surface area contributed by atoms with Gasteiger partial charge in [0.1, 0.15) is 0 Å². The summed E-state index contributed by atoms with van der Waals surface area (Å²) in [5.41, 5.74) is 0. The molecule has 0 radical (unpaired) electrons. The largest absolute Gasteiger partial charge is 0.396 e. The van der Waals surface area contributed by atoms with E-state index < -0.39 is 0 Å². The molecule has 0 aromatic heterocycles. The fourth-order valence-electron chi connectivity index (χ4n) is 1.03. The van der Waals surface area contributed by atoms with E-state index in [1.165, 1.54) is 0 Å². The van der Waals surface area contributed by atoms with E-state index in [4.69, 9.17) is 20.4 Å². The van der Waals surface area contributed by atoms with Gasteiger partial charge in [-0.1, -0.05) is 55.4 Å². The number of aliphatic hydroxyl groups excluding tert-OH is 4. The van der Waals surface area contributed by atoms with Crippen molar-refractivity contribution in [2.24, 2.45) is 23.7 Å². The summed E-state index contributed by atoms with van der Waals surface area (Å²) in [6.07, 6.45) is 3.72. The van der Waals surface area contributed by atoms with Crippen molar-refractivity contribution < 1.29 is 46.6 Å². The zero-order valence-corrected chi connectivity index (χ0v) is 20.7. The van der Waals surface area contributed by atoms with Crippen LogP contribution in [0.5, 0.6) is 0 Å². The second-order valence-electron chi connectivity index (χ2n) is 7.62. The molecule has 25 heavy (non-hydrogen) atoms. The summed E-state index contributed by atoms with van der Waals surface area (Å²) in [6.45, 7) is 18.1. The van der Waals surface area contributed by atoms with E-state index in [1.54, 1.807) is 0 Å². The summed E-state index contributed by atoms with van der Waals surface area (Å²) >= 11 is 0. The quantitative estimate of drug-likeness (QED) is 0.455. The maximum absolute atomic E-state index is 8.24. The Labute approximate surface area is 177 Å². The Morgan fingerprint density at radius 3 is 0.520 bits per heavy atom. The maximum Gasteiger partial charge on any atom is 0.0433 e. The van der Waals surface area contributed by atoms with E-state index in [0.717, 1.165) is 25.7 Å². The molecular weight excluding hydrogens is 395 g/mol. The Hall–Kier alpha value is 0.723. The number of aliphatic hydroxyl groups is 4. The molecule has 0 aromatic carbocycles. The van der Waals surface area contributed by atoms with Gasteiger partial charge in [-0.25, -0.2) is 0 Å². The van der Waals surface area contributed by atoms with Crippen molar-refractivity contribution in [3.8, 4) is 0 Å². The zero-order chi connectivity index (χ0) is 20.0. The van der Waals surface area contributed by atoms with Crippen LogP contribution in [0.4, 0.5) is 0 Å². The normalized spacial score (nSPS) is 9.60. The first kappa shape index (κ1) is 36.6. The van der Waals surface area contributed by atoms with Crippen LogP contribution in [0.25, 0.3) is 0 Å². The molecule has 0 spiro atoms. The smallest absolute Gasteiger partial charge is 0.0433 e.